The predicted octanol–water partition coefficient (Wildman–Crippen LogP) is 8.09. The number of aliphatic imine (C=N–C) groups is 1. The molecule has 5 heteroatoms. The number of carbonyl (C=O) groups excluding carboxylic acids is 1. The van der Waals surface area contributed by atoms with Crippen LogP contribution in [-0.2, 0) is 24.5 Å². The van der Waals surface area contributed by atoms with Crippen LogP contribution >= 0.6 is 11.8 Å². The molecule has 1 saturated heterocycles. The third kappa shape index (κ3) is 6.00. The lowest BCUT2D eigenvalue weighted by atomic mass is 10.1. The highest BCUT2D eigenvalue weighted by molar-refractivity contribution is 8.18. The molecule has 196 valence electrons. The number of fused-ring (bicyclic) bond motifs is 1. The highest BCUT2D eigenvalue weighted by atomic mass is 32.2. The Bertz CT molecular complexity index is 1670. The first-order chi connectivity index (χ1) is 19.7. The molecule has 0 N–H and O–H groups in total. The topological polar surface area (TPSA) is 41.9 Å². The molecule has 1 aliphatic heterocycles. The molecule has 0 spiro atoms. The fourth-order valence-electron chi connectivity index (χ4n) is 4.66. The van der Waals surface area contributed by atoms with Crippen molar-refractivity contribution in [2.24, 2.45) is 4.99 Å². The maximum atomic E-state index is 13.5. The SMILES string of the molecule is O=C1/C(=C\c2ccc(OCc3cccc4ccccc34)cc2)SC(=NCc2ccccc2)N1Cc1ccccc1. The summed E-state index contributed by atoms with van der Waals surface area (Å²) in [5, 5.41) is 3.13. The predicted molar refractivity (Wildman–Crippen MR) is 165 cm³/mol. The van der Waals surface area contributed by atoms with Crippen LogP contribution in [0.3, 0.4) is 0 Å². The normalized spacial score (nSPS) is 15.3. The van der Waals surface area contributed by atoms with E-state index in [0.29, 0.717) is 24.6 Å². The minimum absolute atomic E-state index is 0.0306. The van der Waals surface area contributed by atoms with Gasteiger partial charge >= 0.3 is 0 Å². The third-order valence-electron chi connectivity index (χ3n) is 6.76. The average molecular weight is 541 g/mol. The van der Waals surface area contributed by atoms with E-state index in [4.69, 9.17) is 9.73 Å². The van der Waals surface area contributed by atoms with Gasteiger partial charge in [0.15, 0.2) is 5.17 Å². The standard InChI is InChI=1S/C35H28N2O2S/c38-34-33(40-35(36-23-27-10-3-1-4-11-27)37(34)24-28-12-5-2-6-13-28)22-26-18-20-31(21-19-26)39-25-30-16-9-15-29-14-7-8-17-32(29)30/h1-22H,23-25H2/b33-22+,36-35?. The van der Waals surface area contributed by atoms with E-state index >= 15 is 0 Å². The van der Waals surface area contributed by atoms with E-state index in [-0.39, 0.29) is 5.91 Å². The molecule has 0 aliphatic carbocycles. The first-order valence-corrected chi connectivity index (χ1v) is 14.1. The van der Waals surface area contributed by atoms with Crippen LogP contribution in [0.1, 0.15) is 22.3 Å². The molecular formula is C35H28N2O2S. The summed E-state index contributed by atoms with van der Waals surface area (Å²) < 4.78 is 6.10. The van der Waals surface area contributed by atoms with Crippen molar-refractivity contribution in [3.8, 4) is 5.75 Å². The summed E-state index contributed by atoms with van der Waals surface area (Å²) in [6.45, 7) is 1.50. The van der Waals surface area contributed by atoms with Gasteiger partial charge in [0.2, 0.25) is 0 Å². The molecule has 5 aromatic rings. The smallest absolute Gasteiger partial charge is 0.267 e. The van der Waals surface area contributed by atoms with Crippen molar-refractivity contribution in [2.75, 3.05) is 0 Å². The van der Waals surface area contributed by atoms with Crippen LogP contribution in [0.25, 0.3) is 16.8 Å². The largest absolute Gasteiger partial charge is 0.489 e. The van der Waals surface area contributed by atoms with Gasteiger partial charge in [0, 0.05) is 0 Å². The zero-order chi connectivity index (χ0) is 27.1. The van der Waals surface area contributed by atoms with Crippen LogP contribution in [-0.4, -0.2) is 16.0 Å². The second-order valence-electron chi connectivity index (χ2n) is 9.57. The zero-order valence-corrected chi connectivity index (χ0v) is 22.8. The molecule has 0 atom stereocenters. The molecule has 6 rings (SSSR count). The van der Waals surface area contributed by atoms with E-state index in [2.05, 4.69) is 36.4 Å². The zero-order valence-electron chi connectivity index (χ0n) is 21.9. The lowest BCUT2D eigenvalue weighted by Gasteiger charge is -2.15. The van der Waals surface area contributed by atoms with Crippen LogP contribution in [0.2, 0.25) is 0 Å². The Morgan fingerprint density at radius 3 is 2.17 bits per heavy atom. The van der Waals surface area contributed by atoms with E-state index in [1.54, 1.807) is 4.90 Å². The molecular weight excluding hydrogens is 512 g/mol. The number of hydrogen-bond donors (Lipinski definition) is 0. The Balaban J connectivity index is 1.18. The van der Waals surface area contributed by atoms with Crippen molar-refractivity contribution in [1.82, 2.24) is 4.90 Å². The lowest BCUT2D eigenvalue weighted by Crippen LogP contribution is -2.28. The number of benzene rings is 5. The van der Waals surface area contributed by atoms with Crippen molar-refractivity contribution < 1.29 is 9.53 Å². The van der Waals surface area contributed by atoms with Crippen LogP contribution in [0.15, 0.2) is 137 Å². The Labute approximate surface area is 238 Å². The van der Waals surface area contributed by atoms with Crippen molar-refractivity contribution in [2.45, 2.75) is 19.7 Å². The Morgan fingerprint density at radius 2 is 1.40 bits per heavy atom. The molecule has 0 aromatic heterocycles. The first-order valence-electron chi connectivity index (χ1n) is 13.3. The van der Waals surface area contributed by atoms with Crippen LogP contribution in [0.4, 0.5) is 0 Å². The van der Waals surface area contributed by atoms with E-state index < -0.39 is 0 Å². The van der Waals surface area contributed by atoms with E-state index in [1.165, 1.54) is 22.5 Å². The maximum Gasteiger partial charge on any atom is 0.267 e. The molecule has 0 radical (unpaired) electrons. The average Bonchev–Trinajstić information content (AvgIpc) is 3.30. The molecule has 1 heterocycles. The van der Waals surface area contributed by atoms with Gasteiger partial charge in [-0.2, -0.15) is 0 Å². The molecule has 40 heavy (non-hydrogen) atoms. The van der Waals surface area contributed by atoms with Gasteiger partial charge in [-0.15, -0.1) is 0 Å². The number of nitrogens with zero attached hydrogens (tertiary/aromatic N) is 2. The maximum absolute atomic E-state index is 13.5. The highest BCUT2D eigenvalue weighted by Gasteiger charge is 2.33. The summed E-state index contributed by atoms with van der Waals surface area (Å²) >= 11 is 1.43. The molecule has 0 bridgehead atoms. The quantitative estimate of drug-likeness (QED) is 0.187. The van der Waals surface area contributed by atoms with Gasteiger partial charge < -0.3 is 4.74 Å². The minimum atomic E-state index is -0.0306. The van der Waals surface area contributed by atoms with Gasteiger partial charge in [0.1, 0.15) is 12.4 Å². The fourth-order valence-corrected chi connectivity index (χ4v) is 5.64. The van der Waals surface area contributed by atoms with Gasteiger partial charge in [0.05, 0.1) is 18.0 Å². The number of thioether (sulfide) groups is 1. The van der Waals surface area contributed by atoms with Gasteiger partial charge in [-0.1, -0.05) is 115 Å². The van der Waals surface area contributed by atoms with Gasteiger partial charge in [-0.25, -0.2) is 0 Å². The van der Waals surface area contributed by atoms with Crippen molar-refractivity contribution >= 4 is 39.7 Å². The van der Waals surface area contributed by atoms with Gasteiger partial charge in [-0.3, -0.25) is 14.7 Å². The highest BCUT2D eigenvalue weighted by Crippen LogP contribution is 2.34. The molecule has 1 aliphatic rings. The van der Waals surface area contributed by atoms with Crippen LogP contribution in [0.5, 0.6) is 5.75 Å². The number of carbonyl (C=O) groups is 1. The molecule has 1 amide bonds. The Hall–Kier alpha value is -4.61. The Morgan fingerprint density at radius 1 is 0.725 bits per heavy atom. The summed E-state index contributed by atoms with van der Waals surface area (Å²) in [5.74, 6) is 0.758. The number of rotatable bonds is 8. The summed E-state index contributed by atoms with van der Waals surface area (Å²) in [4.78, 5) is 20.8. The van der Waals surface area contributed by atoms with Crippen molar-refractivity contribution in [3.05, 3.63) is 155 Å². The molecule has 0 saturated carbocycles. The number of amidine groups is 1. The van der Waals surface area contributed by atoms with Gasteiger partial charge in [0.25, 0.3) is 5.91 Å². The fraction of sp³-hybridized carbons (Fsp3) is 0.0857. The molecule has 4 nitrogen and oxygen atoms in total. The number of amides is 1. The van der Waals surface area contributed by atoms with E-state index in [1.807, 2.05) is 97.1 Å². The molecule has 0 unspecified atom stereocenters. The first kappa shape index (κ1) is 25.7. The summed E-state index contributed by atoms with van der Waals surface area (Å²) in [5.41, 5.74) is 4.27. The monoisotopic (exact) mass is 540 g/mol. The van der Waals surface area contributed by atoms with Crippen LogP contribution in [0, 0.1) is 0 Å². The van der Waals surface area contributed by atoms with E-state index in [0.717, 1.165) is 33.2 Å². The van der Waals surface area contributed by atoms with Crippen LogP contribution < -0.4 is 4.74 Å². The van der Waals surface area contributed by atoms with Crippen molar-refractivity contribution in [3.63, 3.8) is 0 Å². The van der Waals surface area contributed by atoms with E-state index in [9.17, 15) is 4.79 Å². The third-order valence-corrected chi connectivity index (χ3v) is 7.81. The van der Waals surface area contributed by atoms with Gasteiger partial charge in [-0.05, 0) is 63.0 Å². The molecule has 5 aromatic carbocycles. The summed E-state index contributed by atoms with van der Waals surface area (Å²) in [6.07, 6.45) is 1.94. The lowest BCUT2D eigenvalue weighted by molar-refractivity contribution is -0.122. The second-order valence-corrected chi connectivity index (χ2v) is 10.6. The number of hydrogen-bond acceptors (Lipinski definition) is 4. The minimum Gasteiger partial charge on any atom is -0.489 e. The summed E-state index contributed by atoms with van der Waals surface area (Å²) in [6, 6.07) is 42.6. The molecule has 1 fully saturated rings. The number of ether oxygens (including phenoxy) is 1. The second kappa shape index (κ2) is 12.1. The Kier molecular flexibility index (Phi) is 7.73. The summed E-state index contributed by atoms with van der Waals surface area (Å²) in [7, 11) is 0. The van der Waals surface area contributed by atoms with Crippen molar-refractivity contribution in [1.29, 1.82) is 0 Å².